The summed E-state index contributed by atoms with van der Waals surface area (Å²) in [5.74, 6) is -0.143. The number of hydrogen-bond acceptors (Lipinski definition) is 4. The highest BCUT2D eigenvalue weighted by molar-refractivity contribution is 7.11. The molecular formula is C14H20N4OS. The minimum Gasteiger partial charge on any atom is -0.346 e. The SMILES string of the molecule is CCc1nc(C)c(CNC(=O)c2ccn(C(C)C)n2)s1. The molecule has 0 aliphatic heterocycles. The van der Waals surface area contributed by atoms with E-state index in [0.29, 0.717) is 12.2 Å². The van der Waals surface area contributed by atoms with Gasteiger partial charge in [-0.1, -0.05) is 6.92 Å². The summed E-state index contributed by atoms with van der Waals surface area (Å²) < 4.78 is 1.78. The highest BCUT2D eigenvalue weighted by Crippen LogP contribution is 2.18. The molecule has 0 saturated carbocycles. The molecule has 2 aromatic rings. The first-order chi connectivity index (χ1) is 9.51. The van der Waals surface area contributed by atoms with Gasteiger partial charge >= 0.3 is 0 Å². The number of thiazole rings is 1. The molecule has 0 saturated heterocycles. The van der Waals surface area contributed by atoms with Crippen molar-refractivity contribution in [2.24, 2.45) is 0 Å². The van der Waals surface area contributed by atoms with Crippen LogP contribution in [0.5, 0.6) is 0 Å². The van der Waals surface area contributed by atoms with E-state index in [0.717, 1.165) is 22.0 Å². The van der Waals surface area contributed by atoms with Crippen molar-refractivity contribution >= 4 is 17.2 Å². The van der Waals surface area contributed by atoms with Crippen molar-refractivity contribution in [1.29, 1.82) is 0 Å². The Hall–Kier alpha value is -1.69. The van der Waals surface area contributed by atoms with Gasteiger partial charge in [0.1, 0.15) is 5.69 Å². The zero-order valence-electron chi connectivity index (χ0n) is 12.3. The van der Waals surface area contributed by atoms with Crippen LogP contribution in [0.2, 0.25) is 0 Å². The van der Waals surface area contributed by atoms with Gasteiger partial charge in [0.15, 0.2) is 0 Å². The summed E-state index contributed by atoms with van der Waals surface area (Å²) in [5.41, 5.74) is 1.46. The van der Waals surface area contributed by atoms with Crippen molar-refractivity contribution in [3.05, 3.63) is 33.5 Å². The van der Waals surface area contributed by atoms with E-state index in [1.165, 1.54) is 0 Å². The molecule has 20 heavy (non-hydrogen) atoms. The average molecular weight is 292 g/mol. The summed E-state index contributed by atoms with van der Waals surface area (Å²) in [4.78, 5) is 17.6. The second-order valence-electron chi connectivity index (χ2n) is 4.93. The third kappa shape index (κ3) is 3.25. The molecule has 0 aromatic carbocycles. The number of carbonyl (C=O) groups is 1. The highest BCUT2D eigenvalue weighted by Gasteiger charge is 2.12. The Bertz CT molecular complexity index is 600. The molecule has 6 heteroatoms. The van der Waals surface area contributed by atoms with Crippen molar-refractivity contribution < 1.29 is 4.79 Å². The van der Waals surface area contributed by atoms with E-state index in [4.69, 9.17) is 0 Å². The number of nitrogens with one attached hydrogen (secondary N) is 1. The van der Waals surface area contributed by atoms with E-state index in [-0.39, 0.29) is 11.9 Å². The van der Waals surface area contributed by atoms with Crippen LogP contribution in [0.4, 0.5) is 0 Å². The molecule has 0 aliphatic rings. The summed E-state index contributed by atoms with van der Waals surface area (Å²) >= 11 is 1.66. The molecule has 2 heterocycles. The number of nitrogens with zero attached hydrogens (tertiary/aromatic N) is 3. The van der Waals surface area contributed by atoms with Gasteiger partial charge in [0.25, 0.3) is 5.91 Å². The van der Waals surface area contributed by atoms with Gasteiger partial charge in [-0.3, -0.25) is 9.48 Å². The molecule has 0 bridgehead atoms. The lowest BCUT2D eigenvalue weighted by Crippen LogP contribution is -2.23. The lowest BCUT2D eigenvalue weighted by atomic mass is 10.3. The van der Waals surface area contributed by atoms with E-state index in [1.54, 1.807) is 22.1 Å². The van der Waals surface area contributed by atoms with Gasteiger partial charge < -0.3 is 5.32 Å². The smallest absolute Gasteiger partial charge is 0.272 e. The Kier molecular flexibility index (Phi) is 4.54. The number of aromatic nitrogens is 3. The van der Waals surface area contributed by atoms with Gasteiger partial charge in [-0.25, -0.2) is 4.98 Å². The van der Waals surface area contributed by atoms with Gasteiger partial charge in [0.2, 0.25) is 0 Å². The van der Waals surface area contributed by atoms with Crippen molar-refractivity contribution in [3.8, 4) is 0 Å². The Balaban J connectivity index is 1.98. The Morgan fingerprint density at radius 2 is 2.25 bits per heavy atom. The summed E-state index contributed by atoms with van der Waals surface area (Å²) in [6.07, 6.45) is 2.75. The maximum absolute atomic E-state index is 12.0. The number of amides is 1. The number of aryl methyl sites for hydroxylation is 2. The lowest BCUT2D eigenvalue weighted by Gasteiger charge is -2.04. The Morgan fingerprint density at radius 1 is 1.50 bits per heavy atom. The highest BCUT2D eigenvalue weighted by atomic mass is 32.1. The molecule has 1 amide bonds. The molecule has 0 radical (unpaired) electrons. The quantitative estimate of drug-likeness (QED) is 0.921. The third-order valence-corrected chi connectivity index (χ3v) is 4.32. The average Bonchev–Trinajstić information content (AvgIpc) is 3.02. The molecule has 0 fully saturated rings. The van der Waals surface area contributed by atoms with Crippen LogP contribution >= 0.6 is 11.3 Å². The van der Waals surface area contributed by atoms with Crippen molar-refractivity contribution in [3.63, 3.8) is 0 Å². The molecule has 0 aliphatic carbocycles. The number of rotatable bonds is 5. The fraction of sp³-hybridized carbons (Fsp3) is 0.500. The maximum Gasteiger partial charge on any atom is 0.272 e. The Labute approximate surface area is 123 Å². The van der Waals surface area contributed by atoms with Crippen LogP contribution in [0, 0.1) is 6.92 Å². The summed E-state index contributed by atoms with van der Waals surface area (Å²) in [5, 5.41) is 8.27. The summed E-state index contributed by atoms with van der Waals surface area (Å²) in [6, 6.07) is 2.00. The van der Waals surface area contributed by atoms with Crippen LogP contribution < -0.4 is 5.32 Å². The monoisotopic (exact) mass is 292 g/mol. The maximum atomic E-state index is 12.0. The molecule has 2 rings (SSSR count). The molecule has 0 spiro atoms. The predicted molar refractivity (Wildman–Crippen MR) is 80.0 cm³/mol. The lowest BCUT2D eigenvalue weighted by molar-refractivity contribution is 0.0945. The standard InChI is InChI=1S/C14H20N4OS/c1-5-13-16-10(4)12(20-13)8-15-14(19)11-6-7-18(17-11)9(2)3/h6-7,9H,5,8H2,1-4H3,(H,15,19). The fourth-order valence-corrected chi connectivity index (χ4v) is 2.75. The topological polar surface area (TPSA) is 59.8 Å². The van der Waals surface area contributed by atoms with Gasteiger partial charge in [-0.05, 0) is 33.3 Å². The Morgan fingerprint density at radius 3 is 2.80 bits per heavy atom. The largest absolute Gasteiger partial charge is 0.346 e. The minimum absolute atomic E-state index is 0.143. The summed E-state index contributed by atoms with van der Waals surface area (Å²) in [7, 11) is 0. The number of carbonyl (C=O) groups excluding carboxylic acids is 1. The first kappa shape index (κ1) is 14.7. The van der Waals surface area contributed by atoms with E-state index in [9.17, 15) is 4.79 Å². The van der Waals surface area contributed by atoms with Crippen LogP contribution in [-0.2, 0) is 13.0 Å². The van der Waals surface area contributed by atoms with Crippen LogP contribution in [0.25, 0.3) is 0 Å². The van der Waals surface area contributed by atoms with Gasteiger partial charge in [-0.15, -0.1) is 11.3 Å². The van der Waals surface area contributed by atoms with E-state index >= 15 is 0 Å². The van der Waals surface area contributed by atoms with Crippen LogP contribution in [-0.4, -0.2) is 20.7 Å². The molecular weight excluding hydrogens is 272 g/mol. The zero-order chi connectivity index (χ0) is 14.7. The molecule has 1 N–H and O–H groups in total. The normalized spacial score (nSPS) is 11.1. The molecule has 108 valence electrons. The van der Waals surface area contributed by atoms with Gasteiger partial charge in [0.05, 0.1) is 17.2 Å². The van der Waals surface area contributed by atoms with Crippen LogP contribution in [0.1, 0.15) is 52.9 Å². The van der Waals surface area contributed by atoms with E-state index in [2.05, 4.69) is 22.3 Å². The van der Waals surface area contributed by atoms with Gasteiger partial charge in [0, 0.05) is 17.1 Å². The second kappa shape index (κ2) is 6.17. The van der Waals surface area contributed by atoms with Gasteiger partial charge in [-0.2, -0.15) is 5.10 Å². The molecule has 2 aromatic heterocycles. The first-order valence-corrected chi connectivity index (χ1v) is 7.61. The third-order valence-electron chi connectivity index (χ3n) is 3.02. The second-order valence-corrected chi connectivity index (χ2v) is 6.10. The summed E-state index contributed by atoms with van der Waals surface area (Å²) in [6.45, 7) is 8.63. The predicted octanol–water partition coefficient (Wildman–Crippen LogP) is 2.72. The molecule has 0 unspecified atom stereocenters. The van der Waals surface area contributed by atoms with Crippen LogP contribution in [0.3, 0.4) is 0 Å². The van der Waals surface area contributed by atoms with Crippen molar-refractivity contribution in [2.75, 3.05) is 0 Å². The van der Waals surface area contributed by atoms with E-state index in [1.807, 2.05) is 27.0 Å². The molecule has 0 atom stereocenters. The van der Waals surface area contributed by atoms with E-state index < -0.39 is 0 Å². The van der Waals surface area contributed by atoms with Crippen molar-refractivity contribution in [2.45, 2.75) is 46.7 Å². The number of hydrogen-bond donors (Lipinski definition) is 1. The fourth-order valence-electron chi connectivity index (χ4n) is 1.80. The zero-order valence-corrected chi connectivity index (χ0v) is 13.1. The van der Waals surface area contributed by atoms with Crippen LogP contribution in [0.15, 0.2) is 12.3 Å². The minimum atomic E-state index is -0.143. The van der Waals surface area contributed by atoms with Crippen molar-refractivity contribution in [1.82, 2.24) is 20.1 Å². The molecule has 5 nitrogen and oxygen atoms in total. The first-order valence-electron chi connectivity index (χ1n) is 6.79.